The van der Waals surface area contributed by atoms with E-state index in [9.17, 15) is 9.90 Å². The molecule has 1 aromatic heterocycles. The van der Waals surface area contributed by atoms with Gasteiger partial charge >= 0.3 is 0 Å². The van der Waals surface area contributed by atoms with Gasteiger partial charge in [0.2, 0.25) is 5.91 Å². The minimum Gasteiger partial charge on any atom is -0.491 e. The van der Waals surface area contributed by atoms with E-state index < -0.39 is 6.10 Å². The van der Waals surface area contributed by atoms with E-state index in [1.807, 2.05) is 36.1 Å². The van der Waals surface area contributed by atoms with Gasteiger partial charge in [-0.15, -0.1) is 0 Å². The van der Waals surface area contributed by atoms with Crippen LogP contribution in [0, 0.1) is 6.92 Å². The Bertz CT molecular complexity index is 966. The van der Waals surface area contributed by atoms with Gasteiger partial charge in [-0.2, -0.15) is 0 Å². The van der Waals surface area contributed by atoms with Crippen LogP contribution in [0.3, 0.4) is 0 Å². The molecule has 4 rings (SSSR count). The van der Waals surface area contributed by atoms with Crippen molar-refractivity contribution in [3.8, 4) is 17.1 Å². The fourth-order valence-electron chi connectivity index (χ4n) is 3.96. The average Bonchev–Trinajstić information content (AvgIpc) is 3.32. The van der Waals surface area contributed by atoms with Crippen LogP contribution in [0.15, 0.2) is 24.3 Å². The predicted octanol–water partition coefficient (Wildman–Crippen LogP) is 0.548. The molecule has 0 saturated carbocycles. The first-order chi connectivity index (χ1) is 16.0. The number of hydrogen-bond donors (Lipinski definition) is 4. The van der Waals surface area contributed by atoms with Crippen molar-refractivity contribution in [3.63, 3.8) is 0 Å². The summed E-state index contributed by atoms with van der Waals surface area (Å²) < 4.78 is 11.3. The van der Waals surface area contributed by atoms with Gasteiger partial charge in [-0.1, -0.05) is 12.1 Å². The van der Waals surface area contributed by atoms with Gasteiger partial charge < -0.3 is 35.4 Å². The van der Waals surface area contributed by atoms with Crippen LogP contribution >= 0.6 is 0 Å². The van der Waals surface area contributed by atoms with Crippen molar-refractivity contribution in [3.05, 3.63) is 29.8 Å². The molecule has 2 atom stereocenters. The Hall–Kier alpha value is -2.95. The lowest BCUT2D eigenvalue weighted by Crippen LogP contribution is -2.48. The van der Waals surface area contributed by atoms with Crippen molar-refractivity contribution in [2.24, 2.45) is 0 Å². The number of carbonyl (C=O) groups is 1. The molecule has 178 valence electrons. The minimum absolute atomic E-state index is 0.0185. The Morgan fingerprint density at radius 3 is 3.03 bits per heavy atom. The van der Waals surface area contributed by atoms with Gasteiger partial charge in [-0.05, 0) is 32.5 Å². The van der Waals surface area contributed by atoms with E-state index >= 15 is 0 Å². The number of amides is 1. The number of nitrogens with one attached hydrogen (secondary N) is 3. The molecule has 2 aliphatic heterocycles. The van der Waals surface area contributed by atoms with Crippen LogP contribution in [0.1, 0.15) is 12.0 Å². The van der Waals surface area contributed by atoms with E-state index in [0.717, 1.165) is 35.8 Å². The van der Waals surface area contributed by atoms with Crippen molar-refractivity contribution in [1.29, 1.82) is 0 Å². The molecular weight excluding hydrogens is 424 g/mol. The van der Waals surface area contributed by atoms with E-state index in [1.165, 1.54) is 0 Å². The van der Waals surface area contributed by atoms with Crippen LogP contribution in [0.5, 0.6) is 5.75 Å². The van der Waals surface area contributed by atoms with Crippen molar-refractivity contribution in [2.75, 3.05) is 63.3 Å². The van der Waals surface area contributed by atoms with Crippen LogP contribution in [-0.2, 0) is 9.53 Å². The number of aromatic nitrogens is 2. The highest BCUT2D eigenvalue weighted by Crippen LogP contribution is 2.30. The number of piperazine rings is 1. The van der Waals surface area contributed by atoms with Crippen LogP contribution in [-0.4, -0.2) is 86.2 Å². The molecule has 2 unspecified atom stereocenters. The number of likely N-dealkylation sites (N-methyl/N-ethyl adjacent to an activating group) is 1. The fraction of sp³-hybridized carbons (Fsp3) is 0.522. The highest BCUT2D eigenvalue weighted by molar-refractivity contribution is 5.83. The van der Waals surface area contributed by atoms with Crippen LogP contribution in [0.2, 0.25) is 0 Å². The summed E-state index contributed by atoms with van der Waals surface area (Å²) in [7, 11) is 1.78. The molecule has 10 heteroatoms. The van der Waals surface area contributed by atoms with Gasteiger partial charge in [0, 0.05) is 37.4 Å². The number of aliphatic hydroxyl groups excluding tert-OH is 1. The summed E-state index contributed by atoms with van der Waals surface area (Å²) in [6.07, 6.45) is 0.314. The highest BCUT2D eigenvalue weighted by atomic mass is 16.5. The number of benzene rings is 1. The number of aliphatic hydroxyl groups is 1. The molecule has 2 aliphatic rings. The summed E-state index contributed by atoms with van der Waals surface area (Å²) in [5.41, 5.74) is 1.70. The third-order valence-electron chi connectivity index (χ3n) is 5.70. The fourth-order valence-corrected chi connectivity index (χ4v) is 3.96. The Morgan fingerprint density at radius 1 is 1.39 bits per heavy atom. The maximum Gasteiger partial charge on any atom is 0.239 e. The maximum absolute atomic E-state index is 12.0. The van der Waals surface area contributed by atoms with Crippen molar-refractivity contribution < 1.29 is 19.4 Å². The summed E-state index contributed by atoms with van der Waals surface area (Å²) in [4.78, 5) is 23.7. The Balaban J connectivity index is 1.64. The number of anilines is 2. The largest absolute Gasteiger partial charge is 0.491 e. The van der Waals surface area contributed by atoms with Crippen molar-refractivity contribution in [2.45, 2.75) is 25.5 Å². The van der Waals surface area contributed by atoms with Crippen molar-refractivity contribution >= 4 is 17.5 Å². The number of ether oxygens (including phenoxy) is 2. The summed E-state index contributed by atoms with van der Waals surface area (Å²) >= 11 is 0. The Kier molecular flexibility index (Phi) is 7.58. The molecule has 1 aromatic carbocycles. The predicted molar refractivity (Wildman–Crippen MR) is 126 cm³/mol. The van der Waals surface area contributed by atoms with Gasteiger partial charge in [0.15, 0.2) is 5.82 Å². The summed E-state index contributed by atoms with van der Waals surface area (Å²) in [6.45, 7) is 5.50. The second-order valence-electron chi connectivity index (χ2n) is 8.37. The lowest BCUT2D eigenvalue weighted by atomic mass is 10.1. The SMILES string of the molecule is CNCC(O)COc1cccc(-c2nc(NC3CCOC3)c(C)c(N3CCNC(=O)C3)n2)c1. The topological polar surface area (TPSA) is 121 Å². The molecule has 0 bridgehead atoms. The summed E-state index contributed by atoms with van der Waals surface area (Å²) in [5, 5.41) is 19.2. The zero-order valence-corrected chi connectivity index (χ0v) is 19.1. The van der Waals surface area contributed by atoms with Crippen LogP contribution in [0.25, 0.3) is 11.4 Å². The van der Waals surface area contributed by atoms with E-state index in [0.29, 0.717) is 37.8 Å². The zero-order chi connectivity index (χ0) is 23.2. The van der Waals surface area contributed by atoms with Gasteiger partial charge in [0.25, 0.3) is 0 Å². The van der Waals surface area contributed by atoms with Crippen LogP contribution in [0.4, 0.5) is 11.6 Å². The first kappa shape index (κ1) is 23.2. The third kappa shape index (κ3) is 5.89. The van der Waals surface area contributed by atoms with Gasteiger partial charge in [-0.25, -0.2) is 9.97 Å². The molecule has 3 heterocycles. The third-order valence-corrected chi connectivity index (χ3v) is 5.70. The smallest absolute Gasteiger partial charge is 0.239 e. The van der Waals surface area contributed by atoms with Crippen molar-refractivity contribution in [1.82, 2.24) is 20.6 Å². The molecular formula is C23H32N6O4. The Morgan fingerprint density at radius 2 is 2.27 bits per heavy atom. The summed E-state index contributed by atoms with van der Waals surface area (Å²) in [6, 6.07) is 7.70. The first-order valence-corrected chi connectivity index (χ1v) is 11.3. The van der Waals surface area contributed by atoms with E-state index in [2.05, 4.69) is 16.0 Å². The molecule has 2 aromatic rings. The average molecular weight is 457 g/mol. The zero-order valence-electron chi connectivity index (χ0n) is 19.1. The number of rotatable bonds is 9. The molecule has 4 N–H and O–H groups in total. The molecule has 2 fully saturated rings. The van der Waals surface area contributed by atoms with E-state index in [-0.39, 0.29) is 25.1 Å². The molecule has 0 aliphatic carbocycles. The lowest BCUT2D eigenvalue weighted by molar-refractivity contribution is -0.120. The molecule has 33 heavy (non-hydrogen) atoms. The lowest BCUT2D eigenvalue weighted by Gasteiger charge is -2.30. The van der Waals surface area contributed by atoms with E-state index in [1.54, 1.807) is 7.05 Å². The standard InChI is InChI=1S/C23H32N6O4/c1-15-21(26-17-6-9-32-13-17)27-22(28-23(15)29-8-7-25-20(31)12-29)16-4-3-5-19(10-16)33-14-18(30)11-24-2/h3-5,10,17-18,24,30H,6-9,11-14H2,1-2H3,(H,25,31)(H,26,27,28). The number of carbonyl (C=O) groups excluding carboxylic acids is 1. The number of hydrogen-bond acceptors (Lipinski definition) is 9. The Labute approximate surface area is 193 Å². The normalized spacial score (nSPS) is 19.3. The first-order valence-electron chi connectivity index (χ1n) is 11.3. The second kappa shape index (κ2) is 10.8. The highest BCUT2D eigenvalue weighted by Gasteiger charge is 2.24. The molecule has 1 amide bonds. The van der Waals surface area contributed by atoms with E-state index in [4.69, 9.17) is 19.4 Å². The molecule has 2 saturated heterocycles. The second-order valence-corrected chi connectivity index (χ2v) is 8.37. The molecule has 0 radical (unpaired) electrons. The quantitative estimate of drug-likeness (QED) is 0.429. The van der Waals surface area contributed by atoms with Gasteiger partial charge in [-0.3, -0.25) is 4.79 Å². The summed E-state index contributed by atoms with van der Waals surface area (Å²) in [5.74, 6) is 2.64. The molecule has 10 nitrogen and oxygen atoms in total. The minimum atomic E-state index is -0.601. The van der Waals surface area contributed by atoms with Gasteiger partial charge in [0.05, 0.1) is 19.2 Å². The van der Waals surface area contributed by atoms with Crippen LogP contribution < -0.4 is 25.6 Å². The van der Waals surface area contributed by atoms with Gasteiger partial charge in [0.1, 0.15) is 30.1 Å². The number of nitrogens with zero attached hydrogens (tertiary/aromatic N) is 3. The molecule has 0 spiro atoms. The monoisotopic (exact) mass is 456 g/mol. The maximum atomic E-state index is 12.0.